The summed E-state index contributed by atoms with van der Waals surface area (Å²) in [5.41, 5.74) is 13.3. The molecule has 0 spiro atoms. The molecule has 2 heterocycles. The number of aromatic amines is 1. The van der Waals surface area contributed by atoms with E-state index in [-0.39, 0.29) is 9.41 Å². The quantitative estimate of drug-likeness (QED) is 0.407. The Kier molecular flexibility index (Phi) is 10.4. The van der Waals surface area contributed by atoms with Gasteiger partial charge in [0.25, 0.3) is 0 Å². The van der Waals surface area contributed by atoms with Crippen molar-refractivity contribution in [1.82, 2.24) is 4.98 Å². The summed E-state index contributed by atoms with van der Waals surface area (Å²) in [7, 11) is 7.75. The molecule has 36 heavy (non-hydrogen) atoms. The zero-order valence-electron chi connectivity index (χ0n) is 20.4. The van der Waals surface area contributed by atoms with Crippen LogP contribution < -0.4 is 15.2 Å². The molecule has 5 nitrogen and oxygen atoms in total. The van der Waals surface area contributed by atoms with Gasteiger partial charge in [-0.1, -0.05) is 42.5 Å². The Morgan fingerprint density at radius 1 is 1.06 bits per heavy atom. The lowest BCUT2D eigenvalue weighted by Gasteiger charge is -2.11. The molecule has 0 saturated carbocycles. The summed E-state index contributed by atoms with van der Waals surface area (Å²) in [6, 6.07) is 18.1. The Labute approximate surface area is 211 Å². The van der Waals surface area contributed by atoms with Crippen molar-refractivity contribution >= 4 is 31.9 Å². The van der Waals surface area contributed by atoms with Gasteiger partial charge in [0.15, 0.2) is 17.2 Å². The molecule has 0 amide bonds. The SMILES string of the molecule is F.F.[B][N+]1=CC=CC1=C(CCN)c1[nH]c(/C=C/c2ccc(OC)c(OCc3ccccc3)c2)cc1C. The molecule has 0 unspecified atom stereocenters. The predicted octanol–water partition coefficient (Wildman–Crippen LogP) is 5.18. The fourth-order valence-electron chi connectivity index (χ4n) is 3.99. The third kappa shape index (κ3) is 6.61. The van der Waals surface area contributed by atoms with E-state index in [1.807, 2.05) is 66.9 Å². The van der Waals surface area contributed by atoms with E-state index in [1.165, 1.54) is 0 Å². The molecule has 4 rings (SSSR count). The second-order valence-corrected chi connectivity index (χ2v) is 8.12. The van der Waals surface area contributed by atoms with E-state index in [0.717, 1.165) is 45.8 Å². The van der Waals surface area contributed by atoms with Gasteiger partial charge in [0.1, 0.15) is 12.8 Å². The zero-order valence-corrected chi connectivity index (χ0v) is 20.4. The molecule has 1 aromatic heterocycles. The molecule has 1 aliphatic heterocycles. The van der Waals surface area contributed by atoms with Crippen LogP contribution in [0.15, 0.2) is 72.4 Å². The van der Waals surface area contributed by atoms with Gasteiger partial charge in [-0.15, -0.1) is 0 Å². The zero-order chi connectivity index (χ0) is 23.9. The number of hydrogen-bond acceptors (Lipinski definition) is 3. The normalized spacial score (nSPS) is 13.7. The number of hydrogen-bond donors (Lipinski definition) is 2. The van der Waals surface area contributed by atoms with Crippen molar-refractivity contribution in [2.75, 3.05) is 13.7 Å². The molecule has 3 N–H and O–H groups in total. The van der Waals surface area contributed by atoms with Crippen LogP contribution in [0.1, 0.15) is 34.5 Å². The van der Waals surface area contributed by atoms with Crippen LogP contribution in [0.2, 0.25) is 0 Å². The summed E-state index contributed by atoms with van der Waals surface area (Å²) < 4.78 is 13.2. The van der Waals surface area contributed by atoms with E-state index in [0.29, 0.717) is 24.7 Å². The second-order valence-electron chi connectivity index (χ2n) is 8.12. The van der Waals surface area contributed by atoms with Crippen LogP contribution in [-0.2, 0) is 6.61 Å². The van der Waals surface area contributed by atoms with Crippen LogP contribution >= 0.6 is 0 Å². The molecule has 3 aromatic rings. The van der Waals surface area contributed by atoms with Crippen LogP contribution in [0, 0.1) is 6.92 Å². The van der Waals surface area contributed by atoms with E-state index in [9.17, 15) is 0 Å². The Bertz CT molecular complexity index is 1280. The molecule has 0 bridgehead atoms. The van der Waals surface area contributed by atoms with E-state index in [4.69, 9.17) is 23.2 Å². The Hall–Kier alpha value is -3.91. The fourth-order valence-corrected chi connectivity index (χ4v) is 3.99. The van der Waals surface area contributed by atoms with E-state index >= 15 is 0 Å². The summed E-state index contributed by atoms with van der Waals surface area (Å²) in [4.78, 5) is 3.53. The van der Waals surface area contributed by atoms with Crippen molar-refractivity contribution in [3.8, 4) is 11.5 Å². The number of aromatic nitrogens is 1. The molecule has 8 heteroatoms. The number of methoxy groups -OCH3 is 1. The monoisotopic (exact) mass is 490 g/mol. The minimum Gasteiger partial charge on any atom is -0.493 e. The lowest BCUT2D eigenvalue weighted by atomic mass is 10.0. The molecule has 0 atom stereocenters. The number of ether oxygens (including phenoxy) is 2. The highest BCUT2D eigenvalue weighted by atomic mass is 19.0. The van der Waals surface area contributed by atoms with E-state index < -0.39 is 0 Å². The van der Waals surface area contributed by atoms with Gasteiger partial charge in [-0.2, -0.15) is 0 Å². The predicted molar refractivity (Wildman–Crippen MR) is 145 cm³/mol. The van der Waals surface area contributed by atoms with Crippen LogP contribution in [-0.4, -0.2) is 37.3 Å². The maximum atomic E-state index is 6.11. The number of halogens is 2. The van der Waals surface area contributed by atoms with Crippen LogP contribution in [0.25, 0.3) is 17.7 Å². The maximum Gasteiger partial charge on any atom is 0.586 e. The smallest absolute Gasteiger partial charge is 0.493 e. The summed E-state index contributed by atoms with van der Waals surface area (Å²) in [5.74, 6) is 1.41. The maximum absolute atomic E-state index is 6.11. The Balaban J connectivity index is 0.00000228. The molecule has 2 radical (unpaired) electrons. The highest BCUT2D eigenvalue weighted by Gasteiger charge is 2.20. The molecular weight excluding hydrogens is 459 g/mol. The van der Waals surface area contributed by atoms with Gasteiger partial charge in [-0.3, -0.25) is 13.9 Å². The van der Waals surface area contributed by atoms with Crippen molar-refractivity contribution in [3.63, 3.8) is 0 Å². The fraction of sp³-hybridized carbons (Fsp3) is 0.179. The lowest BCUT2D eigenvalue weighted by Crippen LogP contribution is -2.09. The molecular formula is C28H31BF2N3O2+. The molecule has 0 saturated heterocycles. The highest BCUT2D eigenvalue weighted by molar-refractivity contribution is 6.01. The van der Waals surface area contributed by atoms with Crippen molar-refractivity contribution in [2.24, 2.45) is 5.73 Å². The number of benzene rings is 2. The minimum atomic E-state index is 0. The third-order valence-electron chi connectivity index (χ3n) is 5.70. The minimum absolute atomic E-state index is 0. The standard InChI is InChI=1S/C28H29BN3O2.2FH/c1-20-17-23(31-28(20)24(14-15-30)25-9-6-16-32(25)29)12-10-21-11-13-26(33-2)27(18-21)34-19-22-7-4-3-5-8-22;;/h3-13,16-18,31H,14-15,19,30H2,1-2H3;2*1H/q+1;;/b12-10+;;. The molecule has 0 aliphatic carbocycles. The Morgan fingerprint density at radius 2 is 1.83 bits per heavy atom. The number of nitrogens with two attached hydrogens (primary N) is 1. The number of nitrogens with one attached hydrogen (secondary N) is 1. The average molecular weight is 490 g/mol. The van der Waals surface area contributed by atoms with Gasteiger partial charge in [0, 0.05) is 23.4 Å². The van der Waals surface area contributed by atoms with Crippen LogP contribution in [0.4, 0.5) is 9.41 Å². The topological polar surface area (TPSA) is 63.3 Å². The number of H-pyrrole nitrogens is 1. The highest BCUT2D eigenvalue weighted by Crippen LogP contribution is 2.31. The van der Waals surface area contributed by atoms with Gasteiger partial charge in [0.2, 0.25) is 0 Å². The second kappa shape index (κ2) is 13.3. The molecule has 186 valence electrons. The van der Waals surface area contributed by atoms with Crippen molar-refractivity contribution in [3.05, 3.63) is 101 Å². The van der Waals surface area contributed by atoms with Crippen LogP contribution in [0.3, 0.4) is 0 Å². The number of allylic oxidation sites excluding steroid dienone is 2. The average Bonchev–Trinajstić information content (AvgIpc) is 3.45. The number of aryl methyl sites for hydroxylation is 1. The first kappa shape index (κ1) is 28.3. The van der Waals surface area contributed by atoms with Gasteiger partial charge < -0.3 is 20.2 Å². The van der Waals surface area contributed by atoms with Gasteiger partial charge in [-0.05, 0) is 60.9 Å². The Morgan fingerprint density at radius 3 is 2.50 bits per heavy atom. The van der Waals surface area contributed by atoms with Crippen molar-refractivity contribution in [2.45, 2.75) is 20.0 Å². The summed E-state index contributed by atoms with van der Waals surface area (Å²) in [5, 5.41) is 0. The summed E-state index contributed by atoms with van der Waals surface area (Å²) in [6.45, 7) is 3.11. The van der Waals surface area contributed by atoms with Gasteiger partial charge in [0.05, 0.1) is 12.8 Å². The summed E-state index contributed by atoms with van der Waals surface area (Å²) >= 11 is 0. The molecule has 1 aliphatic rings. The lowest BCUT2D eigenvalue weighted by molar-refractivity contribution is -0.294. The first-order valence-corrected chi connectivity index (χ1v) is 11.3. The van der Waals surface area contributed by atoms with E-state index in [2.05, 4.69) is 30.1 Å². The third-order valence-corrected chi connectivity index (χ3v) is 5.70. The largest absolute Gasteiger partial charge is 0.586 e. The summed E-state index contributed by atoms with van der Waals surface area (Å²) in [6.07, 6.45) is 10.6. The van der Waals surface area contributed by atoms with Crippen molar-refractivity contribution in [1.29, 1.82) is 0 Å². The van der Waals surface area contributed by atoms with Gasteiger partial charge >= 0.3 is 7.98 Å². The van der Waals surface area contributed by atoms with E-state index in [1.54, 1.807) is 11.6 Å². The van der Waals surface area contributed by atoms with Crippen LogP contribution in [0.5, 0.6) is 11.5 Å². The first-order chi connectivity index (χ1) is 16.6. The molecule has 2 aromatic carbocycles. The van der Waals surface area contributed by atoms with Crippen molar-refractivity contribution < 1.29 is 23.4 Å². The molecule has 0 fully saturated rings. The van der Waals surface area contributed by atoms with Gasteiger partial charge in [-0.25, -0.2) is 0 Å². The first-order valence-electron chi connectivity index (χ1n) is 11.3. The number of nitrogens with zero attached hydrogens (tertiary/aromatic N) is 1. The number of rotatable bonds is 9.